The third kappa shape index (κ3) is 3.01. The summed E-state index contributed by atoms with van der Waals surface area (Å²) < 4.78 is 4.78. The minimum absolute atomic E-state index is 0.228. The van der Waals surface area contributed by atoms with Gasteiger partial charge in [0, 0.05) is 0 Å². The molecule has 0 amide bonds. The zero-order chi connectivity index (χ0) is 10.5. The fourth-order valence-corrected chi connectivity index (χ4v) is 0.772. The van der Waals surface area contributed by atoms with Crippen LogP contribution >= 0.6 is 0 Å². The number of hydrogen-bond acceptors (Lipinski definition) is 3. The molecule has 0 aliphatic carbocycles. The molecular formula is C10H16O3. The van der Waals surface area contributed by atoms with Gasteiger partial charge in [0.2, 0.25) is 0 Å². The maximum absolute atomic E-state index is 11.4. The first-order valence-corrected chi connectivity index (χ1v) is 4.31. The zero-order valence-electron chi connectivity index (χ0n) is 8.59. The molecule has 0 spiro atoms. The van der Waals surface area contributed by atoms with Gasteiger partial charge in [-0.1, -0.05) is 6.08 Å². The van der Waals surface area contributed by atoms with Crippen molar-refractivity contribution in [2.45, 2.75) is 27.7 Å². The highest BCUT2D eigenvalue weighted by Gasteiger charge is 2.35. The third-order valence-electron chi connectivity index (χ3n) is 1.72. The Kier molecular flexibility index (Phi) is 4.38. The molecule has 0 aromatic heterocycles. The normalized spacial score (nSPS) is 11.7. The van der Waals surface area contributed by atoms with Crippen LogP contribution in [0.1, 0.15) is 27.7 Å². The van der Waals surface area contributed by atoms with E-state index in [4.69, 9.17) is 4.74 Å². The Morgan fingerprint density at radius 2 is 1.92 bits per heavy atom. The summed E-state index contributed by atoms with van der Waals surface area (Å²) in [6.45, 7) is 6.87. The molecular weight excluding hydrogens is 168 g/mol. The summed E-state index contributed by atoms with van der Waals surface area (Å²) in [4.78, 5) is 22.7. The second-order valence-electron chi connectivity index (χ2n) is 3.21. The summed E-state index contributed by atoms with van der Waals surface area (Å²) in [7, 11) is 0. The first kappa shape index (κ1) is 11.9. The van der Waals surface area contributed by atoms with Gasteiger partial charge in [-0.2, -0.15) is 0 Å². The van der Waals surface area contributed by atoms with Gasteiger partial charge in [-0.05, 0) is 33.8 Å². The van der Waals surface area contributed by atoms with E-state index in [1.807, 2.05) is 0 Å². The monoisotopic (exact) mass is 184 g/mol. The largest absolute Gasteiger partial charge is 0.465 e. The lowest BCUT2D eigenvalue weighted by molar-refractivity contribution is -0.156. The van der Waals surface area contributed by atoms with Gasteiger partial charge in [0.05, 0.1) is 6.61 Å². The fourth-order valence-electron chi connectivity index (χ4n) is 0.772. The van der Waals surface area contributed by atoms with Gasteiger partial charge < -0.3 is 4.74 Å². The highest BCUT2D eigenvalue weighted by molar-refractivity contribution is 6.08. The van der Waals surface area contributed by atoms with Crippen LogP contribution in [0.25, 0.3) is 0 Å². The lowest BCUT2D eigenvalue weighted by Crippen LogP contribution is -2.34. The van der Waals surface area contributed by atoms with Crippen molar-refractivity contribution in [3.8, 4) is 0 Å². The Labute approximate surface area is 78.8 Å². The topological polar surface area (TPSA) is 43.4 Å². The molecule has 0 heterocycles. The van der Waals surface area contributed by atoms with Crippen LogP contribution in [0.2, 0.25) is 0 Å². The predicted octanol–water partition coefficient (Wildman–Crippen LogP) is 1.72. The van der Waals surface area contributed by atoms with E-state index in [1.165, 1.54) is 6.08 Å². The van der Waals surface area contributed by atoms with Gasteiger partial charge in [0.1, 0.15) is 5.41 Å². The standard InChI is InChI=1S/C10H16O3/c1-5-7-8(11)10(3,4)9(12)13-6-2/h5,7H,6H2,1-4H3/b7-5+. The van der Waals surface area contributed by atoms with E-state index < -0.39 is 11.4 Å². The Balaban J connectivity index is 4.54. The molecule has 3 nitrogen and oxygen atoms in total. The van der Waals surface area contributed by atoms with Gasteiger partial charge in [-0.25, -0.2) is 0 Å². The van der Waals surface area contributed by atoms with Crippen molar-refractivity contribution in [1.29, 1.82) is 0 Å². The van der Waals surface area contributed by atoms with Crippen molar-refractivity contribution >= 4 is 11.8 Å². The van der Waals surface area contributed by atoms with Crippen LogP contribution < -0.4 is 0 Å². The van der Waals surface area contributed by atoms with Crippen LogP contribution in [0, 0.1) is 5.41 Å². The van der Waals surface area contributed by atoms with Gasteiger partial charge in [-0.3, -0.25) is 9.59 Å². The number of hydrogen-bond donors (Lipinski definition) is 0. The van der Waals surface area contributed by atoms with Crippen molar-refractivity contribution in [2.75, 3.05) is 6.61 Å². The van der Waals surface area contributed by atoms with Crippen LogP contribution in [0.3, 0.4) is 0 Å². The first-order valence-electron chi connectivity index (χ1n) is 4.31. The van der Waals surface area contributed by atoms with E-state index in [-0.39, 0.29) is 5.78 Å². The molecule has 0 bridgehead atoms. The maximum atomic E-state index is 11.4. The molecule has 0 rings (SSSR count). The molecule has 0 radical (unpaired) electrons. The zero-order valence-corrected chi connectivity index (χ0v) is 8.59. The first-order chi connectivity index (χ1) is 5.96. The average molecular weight is 184 g/mol. The SMILES string of the molecule is C/C=C/C(=O)C(C)(C)C(=O)OCC. The summed E-state index contributed by atoms with van der Waals surface area (Å²) in [6, 6.07) is 0. The van der Waals surface area contributed by atoms with E-state index in [0.29, 0.717) is 6.61 Å². The Bertz CT molecular complexity index is 226. The van der Waals surface area contributed by atoms with E-state index in [0.717, 1.165) is 0 Å². The number of ether oxygens (including phenoxy) is 1. The van der Waals surface area contributed by atoms with Crippen LogP contribution in [0.5, 0.6) is 0 Å². The number of ketones is 1. The molecule has 0 aliphatic heterocycles. The van der Waals surface area contributed by atoms with Crippen molar-refractivity contribution in [3.05, 3.63) is 12.2 Å². The van der Waals surface area contributed by atoms with Crippen LogP contribution in [0.4, 0.5) is 0 Å². The Hall–Kier alpha value is -1.12. The van der Waals surface area contributed by atoms with Crippen LogP contribution in [-0.2, 0) is 14.3 Å². The van der Waals surface area contributed by atoms with E-state index >= 15 is 0 Å². The summed E-state index contributed by atoms with van der Waals surface area (Å²) in [6.07, 6.45) is 3.00. The van der Waals surface area contributed by atoms with Crippen molar-refractivity contribution in [3.63, 3.8) is 0 Å². The third-order valence-corrected chi connectivity index (χ3v) is 1.72. The molecule has 0 atom stereocenters. The number of allylic oxidation sites excluding steroid dienone is 2. The van der Waals surface area contributed by atoms with Crippen molar-refractivity contribution < 1.29 is 14.3 Å². The molecule has 0 aliphatic rings. The highest BCUT2D eigenvalue weighted by Crippen LogP contribution is 2.19. The molecule has 0 unspecified atom stereocenters. The Morgan fingerprint density at radius 1 is 1.38 bits per heavy atom. The molecule has 3 heteroatoms. The maximum Gasteiger partial charge on any atom is 0.319 e. The molecule has 0 saturated heterocycles. The molecule has 0 fully saturated rings. The minimum atomic E-state index is -1.07. The smallest absolute Gasteiger partial charge is 0.319 e. The highest BCUT2D eigenvalue weighted by atomic mass is 16.5. The molecule has 0 aromatic rings. The minimum Gasteiger partial charge on any atom is -0.465 e. The van der Waals surface area contributed by atoms with E-state index in [9.17, 15) is 9.59 Å². The number of carbonyl (C=O) groups excluding carboxylic acids is 2. The lowest BCUT2D eigenvalue weighted by atomic mass is 9.88. The predicted molar refractivity (Wildman–Crippen MR) is 50.2 cm³/mol. The van der Waals surface area contributed by atoms with Gasteiger partial charge >= 0.3 is 5.97 Å². The van der Waals surface area contributed by atoms with Crippen molar-refractivity contribution in [1.82, 2.24) is 0 Å². The summed E-state index contributed by atoms with van der Waals surface area (Å²) >= 11 is 0. The fraction of sp³-hybridized carbons (Fsp3) is 0.600. The van der Waals surface area contributed by atoms with Gasteiger partial charge in [-0.15, -0.1) is 0 Å². The molecule has 13 heavy (non-hydrogen) atoms. The summed E-state index contributed by atoms with van der Waals surface area (Å²) in [5, 5.41) is 0. The van der Waals surface area contributed by atoms with Crippen LogP contribution in [0.15, 0.2) is 12.2 Å². The number of carbonyl (C=O) groups is 2. The van der Waals surface area contributed by atoms with E-state index in [1.54, 1.807) is 33.8 Å². The molecule has 0 saturated carbocycles. The molecule has 0 N–H and O–H groups in total. The lowest BCUT2D eigenvalue weighted by Gasteiger charge is -2.18. The molecule has 74 valence electrons. The second-order valence-corrected chi connectivity index (χ2v) is 3.21. The molecule has 0 aromatic carbocycles. The van der Waals surface area contributed by atoms with Crippen molar-refractivity contribution in [2.24, 2.45) is 5.41 Å². The quantitative estimate of drug-likeness (QED) is 0.379. The summed E-state index contributed by atoms with van der Waals surface area (Å²) in [5.41, 5.74) is -1.07. The summed E-state index contributed by atoms with van der Waals surface area (Å²) in [5.74, 6) is -0.702. The van der Waals surface area contributed by atoms with Gasteiger partial charge in [0.15, 0.2) is 5.78 Å². The number of rotatable bonds is 4. The average Bonchev–Trinajstić information content (AvgIpc) is 2.05. The number of esters is 1. The Morgan fingerprint density at radius 3 is 2.31 bits per heavy atom. The second kappa shape index (κ2) is 4.80. The van der Waals surface area contributed by atoms with Crippen LogP contribution in [-0.4, -0.2) is 18.4 Å². The van der Waals surface area contributed by atoms with Gasteiger partial charge in [0.25, 0.3) is 0 Å². The van der Waals surface area contributed by atoms with E-state index in [2.05, 4.69) is 0 Å².